The first-order valence-corrected chi connectivity index (χ1v) is 3.53. The molecule has 0 radical (unpaired) electrons. The second-order valence-electron chi connectivity index (χ2n) is 3.09. The van der Waals surface area contributed by atoms with E-state index in [0.717, 1.165) is 12.8 Å². The highest BCUT2D eigenvalue weighted by molar-refractivity contribution is 4.79. The van der Waals surface area contributed by atoms with Crippen LogP contribution < -0.4 is 0 Å². The zero-order valence-corrected chi connectivity index (χ0v) is 5.75. The first kappa shape index (κ1) is 7.03. The summed E-state index contributed by atoms with van der Waals surface area (Å²) in [7, 11) is 0. The van der Waals surface area contributed by atoms with Crippen LogP contribution in [0.2, 0.25) is 0 Å². The summed E-state index contributed by atoms with van der Waals surface area (Å²) in [5, 5.41) is 17.9. The highest BCUT2D eigenvalue weighted by Crippen LogP contribution is 2.29. The fraction of sp³-hybridized carbons (Fsp3) is 1.00. The first-order chi connectivity index (χ1) is 4.24. The van der Waals surface area contributed by atoms with Crippen molar-refractivity contribution in [2.75, 3.05) is 6.61 Å². The normalized spacial score (nSPS) is 43.7. The van der Waals surface area contributed by atoms with Gasteiger partial charge < -0.3 is 10.2 Å². The van der Waals surface area contributed by atoms with E-state index in [-0.39, 0.29) is 18.6 Å². The van der Waals surface area contributed by atoms with Crippen molar-refractivity contribution in [2.45, 2.75) is 25.9 Å². The Balaban J connectivity index is 2.38. The van der Waals surface area contributed by atoms with Crippen LogP contribution in [0.25, 0.3) is 0 Å². The topological polar surface area (TPSA) is 40.5 Å². The number of rotatable bonds is 1. The highest BCUT2D eigenvalue weighted by Gasteiger charge is 2.29. The zero-order valence-electron chi connectivity index (χ0n) is 5.75. The van der Waals surface area contributed by atoms with Gasteiger partial charge in [-0.05, 0) is 18.8 Å². The Kier molecular flexibility index (Phi) is 2.09. The van der Waals surface area contributed by atoms with Crippen molar-refractivity contribution < 1.29 is 10.2 Å². The van der Waals surface area contributed by atoms with E-state index in [2.05, 4.69) is 6.92 Å². The molecular weight excluding hydrogens is 116 g/mol. The largest absolute Gasteiger partial charge is 0.396 e. The molecule has 1 aliphatic rings. The average Bonchev–Trinajstić information content (AvgIpc) is 2.10. The Labute approximate surface area is 55.5 Å². The van der Waals surface area contributed by atoms with Gasteiger partial charge in [0, 0.05) is 12.5 Å². The van der Waals surface area contributed by atoms with Crippen molar-refractivity contribution in [2.24, 2.45) is 11.8 Å². The van der Waals surface area contributed by atoms with Crippen LogP contribution in [0.5, 0.6) is 0 Å². The molecule has 2 N–H and O–H groups in total. The molecule has 9 heavy (non-hydrogen) atoms. The molecule has 0 aromatic heterocycles. The van der Waals surface area contributed by atoms with Crippen molar-refractivity contribution in [3.8, 4) is 0 Å². The van der Waals surface area contributed by atoms with Gasteiger partial charge in [0.1, 0.15) is 0 Å². The summed E-state index contributed by atoms with van der Waals surface area (Å²) in [5.41, 5.74) is 0. The second-order valence-corrected chi connectivity index (χ2v) is 3.09. The summed E-state index contributed by atoms with van der Waals surface area (Å²) in [6, 6.07) is 0. The third-order valence-electron chi connectivity index (χ3n) is 2.13. The summed E-state index contributed by atoms with van der Waals surface area (Å²) < 4.78 is 0. The van der Waals surface area contributed by atoms with Gasteiger partial charge in [0.05, 0.1) is 6.10 Å². The van der Waals surface area contributed by atoms with Crippen LogP contribution in [0, 0.1) is 11.8 Å². The molecule has 0 aliphatic heterocycles. The molecule has 1 unspecified atom stereocenters. The third-order valence-corrected chi connectivity index (χ3v) is 2.13. The van der Waals surface area contributed by atoms with Gasteiger partial charge in [0.25, 0.3) is 0 Å². The smallest absolute Gasteiger partial charge is 0.0592 e. The van der Waals surface area contributed by atoms with Gasteiger partial charge >= 0.3 is 0 Å². The van der Waals surface area contributed by atoms with Crippen molar-refractivity contribution in [1.82, 2.24) is 0 Å². The molecule has 1 rings (SSSR count). The molecule has 2 nitrogen and oxygen atoms in total. The Morgan fingerprint density at radius 2 is 2.11 bits per heavy atom. The molecule has 0 saturated heterocycles. The molecule has 0 heterocycles. The van der Waals surface area contributed by atoms with Gasteiger partial charge in [-0.3, -0.25) is 0 Å². The average molecular weight is 130 g/mol. The van der Waals surface area contributed by atoms with Crippen LogP contribution in [0.3, 0.4) is 0 Å². The second kappa shape index (κ2) is 2.67. The standard InChI is InChI=1S/C7H14O2/c1-5-2-6(4-8)7(9)3-5/h5-9H,2-4H2,1H3/t5-,6-,7?/m0/s1. The molecule has 0 aromatic rings. The minimum absolute atomic E-state index is 0.144. The molecule has 0 aromatic carbocycles. The summed E-state index contributed by atoms with van der Waals surface area (Å²) in [5.74, 6) is 0.747. The molecule has 1 fully saturated rings. The van der Waals surface area contributed by atoms with Gasteiger partial charge in [-0.25, -0.2) is 0 Å². The number of aliphatic hydroxyl groups excluding tert-OH is 2. The van der Waals surface area contributed by atoms with Gasteiger partial charge in [-0.2, -0.15) is 0 Å². The van der Waals surface area contributed by atoms with E-state index in [4.69, 9.17) is 5.11 Å². The van der Waals surface area contributed by atoms with E-state index in [1.54, 1.807) is 0 Å². The monoisotopic (exact) mass is 130 g/mol. The lowest BCUT2D eigenvalue weighted by Gasteiger charge is -2.08. The maximum Gasteiger partial charge on any atom is 0.0592 e. The number of hydrogen-bond acceptors (Lipinski definition) is 2. The van der Waals surface area contributed by atoms with Crippen LogP contribution in [-0.4, -0.2) is 22.9 Å². The van der Waals surface area contributed by atoms with Gasteiger partial charge in [0.15, 0.2) is 0 Å². The van der Waals surface area contributed by atoms with Crippen molar-refractivity contribution in [1.29, 1.82) is 0 Å². The van der Waals surface area contributed by atoms with E-state index in [1.807, 2.05) is 0 Å². The van der Waals surface area contributed by atoms with Crippen LogP contribution >= 0.6 is 0 Å². The highest BCUT2D eigenvalue weighted by atomic mass is 16.3. The number of aliphatic hydroxyl groups is 2. The minimum atomic E-state index is -0.245. The van der Waals surface area contributed by atoms with Crippen LogP contribution in [-0.2, 0) is 0 Å². The third kappa shape index (κ3) is 1.43. The lowest BCUT2D eigenvalue weighted by molar-refractivity contribution is 0.0906. The summed E-state index contributed by atoms with van der Waals surface area (Å²) in [6.07, 6.45) is 1.60. The van der Waals surface area contributed by atoms with Crippen LogP contribution in [0.15, 0.2) is 0 Å². The van der Waals surface area contributed by atoms with Gasteiger partial charge in [0.2, 0.25) is 0 Å². The van der Waals surface area contributed by atoms with E-state index < -0.39 is 0 Å². The Morgan fingerprint density at radius 1 is 1.44 bits per heavy atom. The quantitative estimate of drug-likeness (QED) is 0.539. The van der Waals surface area contributed by atoms with Gasteiger partial charge in [-0.1, -0.05) is 6.92 Å². The van der Waals surface area contributed by atoms with E-state index >= 15 is 0 Å². The molecular formula is C7H14O2. The molecule has 0 amide bonds. The Bertz CT molecular complexity index is 92.9. The fourth-order valence-electron chi connectivity index (χ4n) is 1.57. The molecule has 0 bridgehead atoms. The minimum Gasteiger partial charge on any atom is -0.396 e. The molecule has 54 valence electrons. The predicted molar refractivity (Wildman–Crippen MR) is 35.0 cm³/mol. The maximum atomic E-state index is 9.20. The molecule has 0 spiro atoms. The lowest BCUT2D eigenvalue weighted by Crippen LogP contribution is -2.16. The van der Waals surface area contributed by atoms with Gasteiger partial charge in [-0.15, -0.1) is 0 Å². The lowest BCUT2D eigenvalue weighted by atomic mass is 10.1. The molecule has 2 heteroatoms. The number of hydrogen-bond donors (Lipinski definition) is 2. The van der Waals surface area contributed by atoms with E-state index in [9.17, 15) is 5.11 Å². The summed E-state index contributed by atoms with van der Waals surface area (Å²) >= 11 is 0. The van der Waals surface area contributed by atoms with Crippen molar-refractivity contribution in [3.63, 3.8) is 0 Å². The predicted octanol–water partition coefficient (Wildman–Crippen LogP) is 0.386. The van der Waals surface area contributed by atoms with E-state index in [1.165, 1.54) is 0 Å². The maximum absolute atomic E-state index is 9.20. The molecule has 1 aliphatic carbocycles. The SMILES string of the molecule is C[C@@H]1CC(O)[C@H](CO)C1. The van der Waals surface area contributed by atoms with Crippen LogP contribution in [0.1, 0.15) is 19.8 Å². The Hall–Kier alpha value is -0.0800. The molecule has 1 saturated carbocycles. The van der Waals surface area contributed by atoms with E-state index in [0.29, 0.717) is 5.92 Å². The molecule has 3 atom stereocenters. The van der Waals surface area contributed by atoms with Crippen molar-refractivity contribution >= 4 is 0 Å². The zero-order chi connectivity index (χ0) is 6.85. The van der Waals surface area contributed by atoms with Crippen molar-refractivity contribution in [3.05, 3.63) is 0 Å². The summed E-state index contributed by atoms with van der Waals surface area (Å²) in [4.78, 5) is 0. The first-order valence-electron chi connectivity index (χ1n) is 3.53. The Morgan fingerprint density at radius 3 is 2.33 bits per heavy atom. The summed E-state index contributed by atoms with van der Waals surface area (Å²) in [6.45, 7) is 2.25. The fourth-order valence-corrected chi connectivity index (χ4v) is 1.57. The van der Waals surface area contributed by atoms with Crippen LogP contribution in [0.4, 0.5) is 0 Å².